The van der Waals surface area contributed by atoms with Gasteiger partial charge in [0.25, 0.3) is 10.0 Å². The lowest BCUT2D eigenvalue weighted by atomic mass is 10.1. The summed E-state index contributed by atoms with van der Waals surface area (Å²) < 4.78 is 35.2. The monoisotopic (exact) mass is 681 g/mol. The molecule has 4 aromatic rings. The first kappa shape index (κ1) is 34.8. The average Bonchev–Trinajstić information content (AvgIpc) is 3.05. The van der Waals surface area contributed by atoms with Gasteiger partial charge in [0.05, 0.1) is 20.6 Å². The van der Waals surface area contributed by atoms with E-state index in [4.69, 9.17) is 27.9 Å². The fourth-order valence-corrected chi connectivity index (χ4v) is 6.36. The van der Waals surface area contributed by atoms with Gasteiger partial charge in [-0.2, -0.15) is 0 Å². The summed E-state index contributed by atoms with van der Waals surface area (Å²) in [7, 11) is -4.21. The van der Waals surface area contributed by atoms with Crippen LogP contribution in [0.5, 0.6) is 11.5 Å². The Morgan fingerprint density at radius 1 is 0.870 bits per heavy atom. The summed E-state index contributed by atoms with van der Waals surface area (Å²) >= 11 is 12.4. The maximum Gasteiger partial charge on any atom is 0.264 e. The fraction of sp³-hybridized carbons (Fsp3) is 0.257. The molecular weight excluding hydrogens is 645 g/mol. The Kier molecular flexibility index (Phi) is 12.1. The maximum absolute atomic E-state index is 14.2. The van der Waals surface area contributed by atoms with Crippen molar-refractivity contribution in [2.75, 3.05) is 17.4 Å². The van der Waals surface area contributed by atoms with E-state index in [1.807, 2.05) is 44.2 Å². The molecule has 4 aromatic carbocycles. The van der Waals surface area contributed by atoms with Crippen LogP contribution in [0.4, 0.5) is 5.69 Å². The molecular formula is C35H37Cl2N3O5S. The standard InChI is InChI=1S/C35H37Cl2N3O5S/c1-4-5-21-38-35(42)26(3)39(23-27-13-20-32(36)33(37)22-27)34(41)24-40(46(43,44)31-18-11-25(2)12-19-31)28-14-16-30(17-15-28)45-29-9-7-6-8-10-29/h6-20,22,26H,4-5,21,23-24H2,1-3H3,(H,38,42)/t26-/m1/s1. The normalized spacial score (nSPS) is 11.8. The van der Waals surface area contributed by atoms with Gasteiger partial charge in [-0.05, 0) is 86.5 Å². The Morgan fingerprint density at radius 3 is 2.15 bits per heavy atom. The number of carbonyl (C=O) groups is 2. The van der Waals surface area contributed by atoms with Crippen LogP contribution in [-0.4, -0.2) is 44.3 Å². The highest BCUT2D eigenvalue weighted by Gasteiger charge is 2.32. The summed E-state index contributed by atoms with van der Waals surface area (Å²) in [4.78, 5) is 28.7. The van der Waals surface area contributed by atoms with Crippen molar-refractivity contribution in [1.29, 1.82) is 0 Å². The Hall–Kier alpha value is -4.05. The first-order valence-corrected chi connectivity index (χ1v) is 17.1. The molecule has 8 nitrogen and oxygen atoms in total. The van der Waals surface area contributed by atoms with E-state index in [-0.39, 0.29) is 23.0 Å². The molecule has 0 aromatic heterocycles. The van der Waals surface area contributed by atoms with Crippen LogP contribution in [0.25, 0.3) is 0 Å². The van der Waals surface area contributed by atoms with Crippen molar-refractivity contribution in [2.24, 2.45) is 0 Å². The quantitative estimate of drug-likeness (QED) is 0.138. The lowest BCUT2D eigenvalue weighted by Crippen LogP contribution is -2.51. The molecule has 11 heteroatoms. The van der Waals surface area contributed by atoms with Gasteiger partial charge in [-0.15, -0.1) is 0 Å². The Labute approximate surface area is 280 Å². The Bertz CT molecular complexity index is 1730. The van der Waals surface area contributed by atoms with Crippen molar-refractivity contribution < 1.29 is 22.7 Å². The number of benzene rings is 4. The van der Waals surface area contributed by atoms with Crippen molar-refractivity contribution in [3.63, 3.8) is 0 Å². The van der Waals surface area contributed by atoms with Crippen molar-refractivity contribution in [3.05, 3.63) is 118 Å². The number of hydrogen-bond acceptors (Lipinski definition) is 5. The molecule has 46 heavy (non-hydrogen) atoms. The van der Waals surface area contributed by atoms with E-state index in [1.165, 1.54) is 17.0 Å². The fourth-order valence-electron chi connectivity index (χ4n) is 4.62. The molecule has 0 aliphatic carbocycles. The molecule has 0 radical (unpaired) electrons. The average molecular weight is 683 g/mol. The SMILES string of the molecule is CCCCNC(=O)[C@@H](C)N(Cc1ccc(Cl)c(Cl)c1)C(=O)CN(c1ccc(Oc2ccccc2)cc1)S(=O)(=O)c1ccc(C)cc1. The highest BCUT2D eigenvalue weighted by molar-refractivity contribution is 7.92. The second kappa shape index (κ2) is 16.0. The number of carbonyl (C=O) groups excluding carboxylic acids is 2. The van der Waals surface area contributed by atoms with Crippen LogP contribution in [0.3, 0.4) is 0 Å². The van der Waals surface area contributed by atoms with E-state index in [1.54, 1.807) is 61.5 Å². The third kappa shape index (κ3) is 9.02. The highest BCUT2D eigenvalue weighted by Crippen LogP contribution is 2.29. The number of nitrogens with one attached hydrogen (secondary N) is 1. The molecule has 1 N–H and O–H groups in total. The molecule has 0 fully saturated rings. The van der Waals surface area contributed by atoms with Gasteiger partial charge in [0.15, 0.2) is 0 Å². The molecule has 0 saturated carbocycles. The summed E-state index contributed by atoms with van der Waals surface area (Å²) in [6, 6.07) is 26.1. The summed E-state index contributed by atoms with van der Waals surface area (Å²) in [6.07, 6.45) is 1.67. The van der Waals surface area contributed by atoms with Crippen LogP contribution < -0.4 is 14.4 Å². The lowest BCUT2D eigenvalue weighted by molar-refractivity contribution is -0.139. The number of para-hydroxylation sites is 1. The van der Waals surface area contributed by atoms with Crippen molar-refractivity contribution >= 4 is 50.7 Å². The maximum atomic E-state index is 14.2. The highest BCUT2D eigenvalue weighted by atomic mass is 35.5. The van der Waals surface area contributed by atoms with Crippen LogP contribution in [0.2, 0.25) is 10.0 Å². The van der Waals surface area contributed by atoms with Gasteiger partial charge in [-0.1, -0.05) is 78.5 Å². The number of rotatable bonds is 14. The van der Waals surface area contributed by atoms with Crippen LogP contribution in [0.1, 0.15) is 37.8 Å². The first-order valence-electron chi connectivity index (χ1n) is 14.9. The number of ether oxygens (including phenoxy) is 1. The van der Waals surface area contributed by atoms with E-state index >= 15 is 0 Å². The lowest BCUT2D eigenvalue weighted by Gasteiger charge is -2.32. The molecule has 1 atom stereocenters. The molecule has 0 bridgehead atoms. The number of nitrogens with zero attached hydrogens (tertiary/aromatic N) is 2. The minimum Gasteiger partial charge on any atom is -0.457 e. The van der Waals surface area contributed by atoms with Crippen LogP contribution in [-0.2, 0) is 26.2 Å². The summed E-state index contributed by atoms with van der Waals surface area (Å²) in [6.45, 7) is 5.38. The molecule has 4 rings (SSSR count). The third-order valence-electron chi connectivity index (χ3n) is 7.33. The molecule has 0 saturated heterocycles. The molecule has 0 aliphatic heterocycles. The summed E-state index contributed by atoms with van der Waals surface area (Å²) in [5, 5.41) is 3.52. The van der Waals surface area contributed by atoms with Crippen molar-refractivity contribution in [1.82, 2.24) is 10.2 Å². The molecule has 2 amide bonds. The number of unbranched alkanes of at least 4 members (excludes halogenated alkanes) is 1. The van der Waals surface area contributed by atoms with E-state index < -0.39 is 28.5 Å². The number of aryl methyl sites for hydroxylation is 1. The Balaban J connectivity index is 1.70. The van der Waals surface area contributed by atoms with E-state index in [0.29, 0.717) is 33.7 Å². The van der Waals surface area contributed by atoms with E-state index in [9.17, 15) is 18.0 Å². The smallest absolute Gasteiger partial charge is 0.264 e. The van der Waals surface area contributed by atoms with Gasteiger partial charge in [0.1, 0.15) is 24.1 Å². The van der Waals surface area contributed by atoms with E-state index in [0.717, 1.165) is 22.7 Å². The van der Waals surface area contributed by atoms with Gasteiger partial charge in [-0.3, -0.25) is 13.9 Å². The zero-order valence-electron chi connectivity index (χ0n) is 26.0. The zero-order valence-corrected chi connectivity index (χ0v) is 28.3. The van der Waals surface area contributed by atoms with Gasteiger partial charge >= 0.3 is 0 Å². The van der Waals surface area contributed by atoms with Gasteiger partial charge in [-0.25, -0.2) is 8.42 Å². The Morgan fingerprint density at radius 2 is 1.52 bits per heavy atom. The third-order valence-corrected chi connectivity index (χ3v) is 9.85. The number of amides is 2. The number of sulfonamides is 1. The molecule has 0 heterocycles. The van der Waals surface area contributed by atoms with Gasteiger partial charge < -0.3 is 15.0 Å². The predicted octanol–water partition coefficient (Wildman–Crippen LogP) is 7.62. The molecule has 242 valence electrons. The van der Waals surface area contributed by atoms with Crippen LogP contribution >= 0.6 is 23.2 Å². The van der Waals surface area contributed by atoms with Crippen molar-refractivity contribution in [3.8, 4) is 11.5 Å². The first-order chi connectivity index (χ1) is 22.0. The summed E-state index contributed by atoms with van der Waals surface area (Å²) in [5.74, 6) is 0.188. The van der Waals surface area contributed by atoms with Gasteiger partial charge in [0, 0.05) is 13.1 Å². The largest absolute Gasteiger partial charge is 0.457 e. The number of halogens is 2. The molecule has 0 aliphatic rings. The minimum atomic E-state index is -4.21. The number of anilines is 1. The molecule has 0 unspecified atom stereocenters. The molecule has 0 spiro atoms. The topological polar surface area (TPSA) is 96.0 Å². The van der Waals surface area contributed by atoms with E-state index in [2.05, 4.69) is 5.32 Å². The van der Waals surface area contributed by atoms with Gasteiger partial charge in [0.2, 0.25) is 11.8 Å². The van der Waals surface area contributed by atoms with Crippen LogP contribution in [0.15, 0.2) is 102 Å². The minimum absolute atomic E-state index is 0.000357. The summed E-state index contributed by atoms with van der Waals surface area (Å²) in [5.41, 5.74) is 1.77. The van der Waals surface area contributed by atoms with Crippen molar-refractivity contribution in [2.45, 2.75) is 51.1 Å². The second-order valence-corrected chi connectivity index (χ2v) is 13.5. The second-order valence-electron chi connectivity index (χ2n) is 10.8. The van der Waals surface area contributed by atoms with Crippen LogP contribution in [0, 0.1) is 6.92 Å². The number of hydrogen-bond donors (Lipinski definition) is 1. The predicted molar refractivity (Wildman–Crippen MR) is 183 cm³/mol. The zero-order chi connectivity index (χ0) is 33.3.